The monoisotopic (exact) mass is 475 g/mol. The minimum atomic E-state index is -0.482. The van der Waals surface area contributed by atoms with Crippen LogP contribution >= 0.6 is 0 Å². The van der Waals surface area contributed by atoms with Crippen LogP contribution in [0.3, 0.4) is 0 Å². The van der Waals surface area contributed by atoms with Gasteiger partial charge in [-0.05, 0) is 17.7 Å². The van der Waals surface area contributed by atoms with Crippen LogP contribution in [0.2, 0.25) is 0 Å². The second-order valence-electron chi connectivity index (χ2n) is 7.52. The summed E-state index contributed by atoms with van der Waals surface area (Å²) in [6.45, 7) is 0.696. The van der Waals surface area contributed by atoms with Gasteiger partial charge in [0.2, 0.25) is 5.76 Å². The molecular formula is C22H17N7O6. The molecule has 0 spiro atoms. The number of nitro benzene ring substituents is 1. The highest BCUT2D eigenvalue weighted by atomic mass is 16.6. The van der Waals surface area contributed by atoms with Gasteiger partial charge in [0, 0.05) is 24.7 Å². The van der Waals surface area contributed by atoms with Gasteiger partial charge in [0.15, 0.2) is 17.1 Å². The van der Waals surface area contributed by atoms with Crippen molar-refractivity contribution < 1.29 is 18.7 Å². The third kappa shape index (κ3) is 4.42. The molecule has 176 valence electrons. The van der Waals surface area contributed by atoms with E-state index in [9.17, 15) is 19.7 Å². The zero-order valence-corrected chi connectivity index (χ0v) is 18.0. The maximum absolute atomic E-state index is 12.9. The van der Waals surface area contributed by atoms with E-state index in [4.69, 9.17) is 8.94 Å². The van der Waals surface area contributed by atoms with Gasteiger partial charge in [-0.25, -0.2) is 9.67 Å². The Morgan fingerprint density at radius 3 is 2.74 bits per heavy atom. The van der Waals surface area contributed by atoms with Crippen molar-refractivity contribution in [3.63, 3.8) is 0 Å². The topological polar surface area (TPSA) is 164 Å². The van der Waals surface area contributed by atoms with Crippen molar-refractivity contribution in [2.24, 2.45) is 0 Å². The summed E-state index contributed by atoms with van der Waals surface area (Å²) in [5.41, 5.74) is 0.887. The summed E-state index contributed by atoms with van der Waals surface area (Å²) in [7, 11) is 0. The Kier molecular flexibility index (Phi) is 5.63. The number of hydrogen-bond donors (Lipinski definition) is 1. The first-order valence-electron chi connectivity index (χ1n) is 10.4. The number of carbonyl (C=O) groups is 1. The molecule has 5 rings (SSSR count). The molecule has 0 unspecified atom stereocenters. The number of benzene rings is 1. The van der Waals surface area contributed by atoms with E-state index >= 15 is 0 Å². The number of nitro groups is 1. The number of fused-ring (bicyclic) bond motifs is 1. The largest absolute Gasteiger partial charge is 0.461 e. The Balaban J connectivity index is 1.23. The van der Waals surface area contributed by atoms with E-state index in [1.54, 1.807) is 24.3 Å². The number of hydrogen-bond acceptors (Lipinski definition) is 9. The Hall–Kier alpha value is -5.07. The van der Waals surface area contributed by atoms with Crippen LogP contribution in [0.1, 0.15) is 16.1 Å². The van der Waals surface area contributed by atoms with Crippen molar-refractivity contribution >= 4 is 22.6 Å². The number of non-ortho nitro benzene ring substituents is 1. The molecule has 0 aliphatic heterocycles. The Labute approximate surface area is 195 Å². The molecule has 4 aromatic heterocycles. The lowest BCUT2D eigenvalue weighted by Crippen LogP contribution is -2.28. The number of nitrogens with zero attached hydrogens (tertiary/aromatic N) is 6. The molecule has 35 heavy (non-hydrogen) atoms. The molecule has 0 fully saturated rings. The van der Waals surface area contributed by atoms with E-state index in [1.165, 1.54) is 46.2 Å². The molecule has 0 saturated heterocycles. The number of nitrogens with one attached hydrogen (secondary N) is 1. The molecule has 13 nitrogen and oxygen atoms in total. The fourth-order valence-electron chi connectivity index (χ4n) is 3.48. The van der Waals surface area contributed by atoms with Crippen molar-refractivity contribution in [3.8, 4) is 11.5 Å². The van der Waals surface area contributed by atoms with Crippen molar-refractivity contribution in [2.75, 3.05) is 6.54 Å². The SMILES string of the molecule is O=C(NCCn1ncc2c(=O)n(Cc3ccc([N+](=O)[O-])cc3)cnc21)c1cc(-c2ccco2)on1. The standard InChI is InChI=1S/C22H17N7O6/c30-21(17-10-19(35-26-17)18-2-1-9-34-18)23-7-8-28-20-16(11-25-28)22(31)27(13-24-20)12-14-3-5-15(6-4-14)29(32)33/h1-6,9-11,13H,7-8,12H2,(H,23,30). The number of amides is 1. The average Bonchev–Trinajstić information content (AvgIpc) is 3.62. The van der Waals surface area contributed by atoms with Gasteiger partial charge in [-0.3, -0.25) is 24.3 Å². The third-order valence-electron chi connectivity index (χ3n) is 5.24. The van der Waals surface area contributed by atoms with Gasteiger partial charge >= 0.3 is 0 Å². The Morgan fingerprint density at radius 2 is 2.00 bits per heavy atom. The highest BCUT2D eigenvalue weighted by Gasteiger charge is 2.16. The van der Waals surface area contributed by atoms with Crippen LogP contribution in [0, 0.1) is 10.1 Å². The molecule has 0 bridgehead atoms. The van der Waals surface area contributed by atoms with Crippen LogP contribution in [0.5, 0.6) is 0 Å². The average molecular weight is 475 g/mol. The van der Waals surface area contributed by atoms with Gasteiger partial charge in [-0.2, -0.15) is 5.10 Å². The second-order valence-corrected chi connectivity index (χ2v) is 7.52. The zero-order chi connectivity index (χ0) is 24.4. The molecule has 0 atom stereocenters. The summed E-state index contributed by atoms with van der Waals surface area (Å²) in [5.74, 6) is 0.374. The maximum atomic E-state index is 12.9. The van der Waals surface area contributed by atoms with Crippen molar-refractivity contribution in [1.29, 1.82) is 0 Å². The zero-order valence-electron chi connectivity index (χ0n) is 18.0. The molecule has 1 N–H and O–H groups in total. The van der Waals surface area contributed by atoms with Crippen molar-refractivity contribution in [3.05, 3.63) is 93.0 Å². The molecular weight excluding hydrogens is 458 g/mol. The fraction of sp³-hybridized carbons (Fsp3) is 0.136. The van der Waals surface area contributed by atoms with E-state index < -0.39 is 10.8 Å². The molecule has 0 radical (unpaired) electrons. The Bertz CT molecular complexity index is 1560. The van der Waals surface area contributed by atoms with Crippen LogP contribution in [-0.2, 0) is 13.1 Å². The summed E-state index contributed by atoms with van der Waals surface area (Å²) < 4.78 is 13.3. The van der Waals surface area contributed by atoms with Crippen LogP contribution in [0.25, 0.3) is 22.6 Å². The first-order valence-corrected chi connectivity index (χ1v) is 10.4. The molecule has 0 aliphatic carbocycles. The minimum absolute atomic E-state index is 0.0236. The predicted molar refractivity (Wildman–Crippen MR) is 121 cm³/mol. The van der Waals surface area contributed by atoms with Crippen LogP contribution < -0.4 is 10.9 Å². The van der Waals surface area contributed by atoms with Gasteiger partial charge < -0.3 is 14.3 Å². The van der Waals surface area contributed by atoms with Crippen molar-refractivity contribution in [1.82, 2.24) is 29.8 Å². The molecule has 1 aromatic carbocycles. The summed E-state index contributed by atoms with van der Waals surface area (Å²) >= 11 is 0. The number of rotatable bonds is 8. The van der Waals surface area contributed by atoms with Crippen LogP contribution in [0.15, 0.2) is 75.0 Å². The number of carbonyl (C=O) groups excluding carboxylic acids is 1. The normalized spacial score (nSPS) is 11.1. The summed E-state index contributed by atoms with van der Waals surface area (Å²) in [4.78, 5) is 39.9. The lowest BCUT2D eigenvalue weighted by Gasteiger charge is -2.07. The first-order chi connectivity index (χ1) is 17.0. The lowest BCUT2D eigenvalue weighted by molar-refractivity contribution is -0.384. The van der Waals surface area contributed by atoms with Crippen molar-refractivity contribution in [2.45, 2.75) is 13.1 Å². The maximum Gasteiger partial charge on any atom is 0.273 e. The second kappa shape index (κ2) is 9.05. The van der Waals surface area contributed by atoms with E-state index in [1.807, 2.05) is 0 Å². The quantitative estimate of drug-likeness (QED) is 0.262. The number of furan rings is 1. The van der Waals surface area contributed by atoms with Gasteiger partial charge in [-0.1, -0.05) is 17.3 Å². The number of aromatic nitrogens is 5. The smallest absolute Gasteiger partial charge is 0.273 e. The highest BCUT2D eigenvalue weighted by molar-refractivity contribution is 5.92. The summed E-state index contributed by atoms with van der Waals surface area (Å²) in [5, 5.41) is 21.8. The van der Waals surface area contributed by atoms with Crippen LogP contribution in [-0.4, -0.2) is 41.9 Å². The lowest BCUT2D eigenvalue weighted by atomic mass is 10.2. The Morgan fingerprint density at radius 1 is 1.17 bits per heavy atom. The minimum Gasteiger partial charge on any atom is -0.461 e. The fourth-order valence-corrected chi connectivity index (χ4v) is 3.48. The summed E-state index contributed by atoms with van der Waals surface area (Å²) in [6.07, 6.45) is 4.31. The predicted octanol–water partition coefficient (Wildman–Crippen LogP) is 2.23. The van der Waals surface area contributed by atoms with E-state index in [-0.39, 0.29) is 36.6 Å². The van der Waals surface area contributed by atoms with Gasteiger partial charge in [0.05, 0.1) is 30.5 Å². The summed E-state index contributed by atoms with van der Waals surface area (Å²) in [6, 6.07) is 10.8. The van der Waals surface area contributed by atoms with Gasteiger partial charge in [0.25, 0.3) is 17.2 Å². The molecule has 0 saturated carbocycles. The van der Waals surface area contributed by atoms with E-state index in [0.717, 1.165) is 5.56 Å². The van der Waals surface area contributed by atoms with Crippen LogP contribution in [0.4, 0.5) is 5.69 Å². The van der Waals surface area contributed by atoms with E-state index in [2.05, 4.69) is 20.6 Å². The molecule has 0 aliphatic rings. The van der Waals surface area contributed by atoms with Gasteiger partial charge in [-0.15, -0.1) is 0 Å². The molecule has 1 amide bonds. The van der Waals surface area contributed by atoms with E-state index in [0.29, 0.717) is 22.6 Å². The third-order valence-corrected chi connectivity index (χ3v) is 5.24. The van der Waals surface area contributed by atoms with Gasteiger partial charge in [0.1, 0.15) is 11.7 Å². The molecule has 4 heterocycles. The highest BCUT2D eigenvalue weighted by Crippen LogP contribution is 2.20. The molecule has 13 heteroatoms. The first kappa shape index (κ1) is 21.8. The molecule has 5 aromatic rings.